The standard InChI is InChI=1S/C20H19ClN2O/c21-19-12-16(23-20(24)15-8-4-5-9-15)10-11-17(19)18(13-22)14-6-2-1-3-7-14/h1-3,6-7,10-12,15,18H,4-5,8-9H2,(H,23,24). The van der Waals surface area contributed by atoms with Gasteiger partial charge in [-0.25, -0.2) is 0 Å². The van der Waals surface area contributed by atoms with Crippen molar-refractivity contribution in [3.05, 3.63) is 64.7 Å². The van der Waals surface area contributed by atoms with E-state index in [1.54, 1.807) is 6.07 Å². The Morgan fingerprint density at radius 1 is 1.17 bits per heavy atom. The van der Waals surface area contributed by atoms with Gasteiger partial charge in [0.2, 0.25) is 5.91 Å². The molecule has 0 bridgehead atoms. The number of benzene rings is 2. The van der Waals surface area contributed by atoms with Crippen molar-refractivity contribution in [3.8, 4) is 6.07 Å². The van der Waals surface area contributed by atoms with Crippen molar-refractivity contribution in [1.29, 1.82) is 5.26 Å². The quantitative estimate of drug-likeness (QED) is 0.840. The molecule has 0 radical (unpaired) electrons. The van der Waals surface area contributed by atoms with Gasteiger partial charge in [0.05, 0.1) is 12.0 Å². The third kappa shape index (κ3) is 3.60. The topological polar surface area (TPSA) is 52.9 Å². The molecule has 3 nitrogen and oxygen atoms in total. The Bertz CT molecular complexity index is 761. The lowest BCUT2D eigenvalue weighted by molar-refractivity contribution is -0.119. The molecular formula is C20H19ClN2O. The second kappa shape index (κ2) is 7.51. The van der Waals surface area contributed by atoms with E-state index in [1.165, 1.54) is 0 Å². The van der Waals surface area contributed by atoms with E-state index in [9.17, 15) is 10.1 Å². The zero-order valence-electron chi connectivity index (χ0n) is 13.3. The summed E-state index contributed by atoms with van der Waals surface area (Å²) in [4.78, 5) is 12.2. The summed E-state index contributed by atoms with van der Waals surface area (Å²) in [7, 11) is 0. The van der Waals surface area contributed by atoms with Gasteiger partial charge in [0.25, 0.3) is 0 Å². The largest absolute Gasteiger partial charge is 0.326 e. The minimum atomic E-state index is -0.418. The molecule has 2 aromatic carbocycles. The smallest absolute Gasteiger partial charge is 0.227 e. The Morgan fingerprint density at radius 3 is 2.50 bits per heavy atom. The molecule has 0 aliphatic heterocycles. The predicted molar refractivity (Wildman–Crippen MR) is 95.9 cm³/mol. The molecule has 0 heterocycles. The van der Waals surface area contributed by atoms with Gasteiger partial charge >= 0.3 is 0 Å². The van der Waals surface area contributed by atoms with Gasteiger partial charge in [0, 0.05) is 16.6 Å². The van der Waals surface area contributed by atoms with Crippen LogP contribution < -0.4 is 5.32 Å². The number of rotatable bonds is 4. The molecule has 1 saturated carbocycles. The van der Waals surface area contributed by atoms with Crippen LogP contribution in [0, 0.1) is 17.2 Å². The average Bonchev–Trinajstić information content (AvgIpc) is 3.13. The number of nitrogens with zero attached hydrogens (tertiary/aromatic N) is 1. The maximum absolute atomic E-state index is 12.2. The van der Waals surface area contributed by atoms with Crippen molar-refractivity contribution >= 4 is 23.2 Å². The fourth-order valence-electron chi connectivity index (χ4n) is 3.24. The zero-order valence-corrected chi connectivity index (χ0v) is 14.1. The summed E-state index contributed by atoms with van der Waals surface area (Å²) < 4.78 is 0. The molecule has 4 heteroatoms. The molecule has 1 N–H and O–H groups in total. The molecule has 0 aromatic heterocycles. The van der Waals surface area contributed by atoms with Crippen LogP contribution in [0.3, 0.4) is 0 Å². The van der Waals surface area contributed by atoms with Crippen molar-refractivity contribution < 1.29 is 4.79 Å². The molecule has 2 aromatic rings. The number of amides is 1. The highest BCUT2D eigenvalue weighted by Crippen LogP contribution is 2.32. The summed E-state index contributed by atoms with van der Waals surface area (Å²) in [6, 6.07) is 17.3. The Balaban J connectivity index is 1.79. The van der Waals surface area contributed by atoms with Crippen LogP contribution in [0.1, 0.15) is 42.7 Å². The maximum atomic E-state index is 12.2. The molecular weight excluding hydrogens is 320 g/mol. The minimum Gasteiger partial charge on any atom is -0.326 e. The van der Waals surface area contributed by atoms with Gasteiger partial charge in [-0.05, 0) is 36.1 Å². The second-order valence-corrected chi connectivity index (χ2v) is 6.59. The van der Waals surface area contributed by atoms with Gasteiger partial charge in [0.15, 0.2) is 0 Å². The summed E-state index contributed by atoms with van der Waals surface area (Å²) in [6.45, 7) is 0. The van der Waals surface area contributed by atoms with Crippen molar-refractivity contribution in [2.24, 2.45) is 5.92 Å². The molecule has 1 fully saturated rings. The lowest BCUT2D eigenvalue weighted by Crippen LogP contribution is -2.20. The van der Waals surface area contributed by atoms with Crippen molar-refractivity contribution in [2.45, 2.75) is 31.6 Å². The predicted octanol–water partition coefficient (Wildman–Crippen LogP) is 5.12. The van der Waals surface area contributed by atoms with Crippen LogP contribution in [0.25, 0.3) is 0 Å². The normalized spacial score (nSPS) is 15.7. The molecule has 1 amide bonds. The van der Waals surface area contributed by atoms with Crippen molar-refractivity contribution in [1.82, 2.24) is 0 Å². The minimum absolute atomic E-state index is 0.0659. The van der Waals surface area contributed by atoms with Gasteiger partial charge in [0.1, 0.15) is 0 Å². The first-order chi connectivity index (χ1) is 11.7. The van der Waals surface area contributed by atoms with Gasteiger partial charge in [-0.3, -0.25) is 4.79 Å². The number of nitriles is 1. The Labute approximate surface area is 147 Å². The van der Waals surface area contributed by atoms with Crippen LogP contribution in [0.2, 0.25) is 5.02 Å². The van der Waals surface area contributed by atoms with E-state index in [2.05, 4.69) is 11.4 Å². The zero-order chi connectivity index (χ0) is 16.9. The highest BCUT2D eigenvalue weighted by atomic mass is 35.5. The van der Waals surface area contributed by atoms with Gasteiger partial charge in [-0.15, -0.1) is 0 Å². The number of anilines is 1. The van der Waals surface area contributed by atoms with E-state index >= 15 is 0 Å². The number of halogens is 1. The summed E-state index contributed by atoms with van der Waals surface area (Å²) in [5.41, 5.74) is 2.35. The number of hydrogen-bond donors (Lipinski definition) is 1. The Kier molecular flexibility index (Phi) is 5.17. The average molecular weight is 339 g/mol. The van der Waals surface area contributed by atoms with Crippen LogP contribution in [0.15, 0.2) is 48.5 Å². The number of hydrogen-bond acceptors (Lipinski definition) is 2. The SMILES string of the molecule is N#CC(c1ccccc1)c1ccc(NC(=O)C2CCCC2)cc1Cl. The van der Waals surface area contributed by atoms with E-state index in [0.717, 1.165) is 36.8 Å². The molecule has 1 atom stereocenters. The van der Waals surface area contributed by atoms with Crippen LogP contribution >= 0.6 is 11.6 Å². The molecule has 3 rings (SSSR count). The monoisotopic (exact) mass is 338 g/mol. The van der Waals surface area contributed by atoms with Crippen LogP contribution in [0.5, 0.6) is 0 Å². The maximum Gasteiger partial charge on any atom is 0.227 e. The second-order valence-electron chi connectivity index (χ2n) is 6.18. The molecule has 1 aliphatic rings. The molecule has 1 unspecified atom stereocenters. The molecule has 0 saturated heterocycles. The lowest BCUT2D eigenvalue weighted by Gasteiger charge is -2.15. The first-order valence-corrected chi connectivity index (χ1v) is 8.61. The van der Waals surface area contributed by atoms with Gasteiger partial charge < -0.3 is 5.32 Å². The van der Waals surface area contributed by atoms with Gasteiger partial charge in [-0.1, -0.05) is 60.8 Å². The first-order valence-electron chi connectivity index (χ1n) is 8.24. The summed E-state index contributed by atoms with van der Waals surface area (Å²) in [6.07, 6.45) is 4.17. The van der Waals surface area contributed by atoms with Crippen LogP contribution in [-0.4, -0.2) is 5.91 Å². The van der Waals surface area contributed by atoms with E-state index in [4.69, 9.17) is 11.6 Å². The Hall–Kier alpha value is -2.31. The molecule has 24 heavy (non-hydrogen) atoms. The Morgan fingerprint density at radius 2 is 1.88 bits per heavy atom. The summed E-state index contributed by atoms with van der Waals surface area (Å²) in [5, 5.41) is 13.0. The van der Waals surface area contributed by atoms with E-state index in [-0.39, 0.29) is 11.8 Å². The summed E-state index contributed by atoms with van der Waals surface area (Å²) >= 11 is 6.39. The number of carbonyl (C=O) groups excluding carboxylic acids is 1. The lowest BCUT2D eigenvalue weighted by atomic mass is 9.92. The van der Waals surface area contributed by atoms with Crippen molar-refractivity contribution in [3.63, 3.8) is 0 Å². The molecule has 122 valence electrons. The molecule has 1 aliphatic carbocycles. The van der Waals surface area contributed by atoms with E-state index < -0.39 is 5.92 Å². The van der Waals surface area contributed by atoms with Gasteiger partial charge in [-0.2, -0.15) is 5.26 Å². The third-order valence-corrected chi connectivity index (χ3v) is 4.89. The van der Waals surface area contributed by atoms with E-state index in [1.807, 2.05) is 42.5 Å². The fourth-order valence-corrected chi connectivity index (χ4v) is 3.53. The number of carbonyl (C=O) groups is 1. The van der Waals surface area contributed by atoms with Crippen molar-refractivity contribution in [2.75, 3.05) is 5.32 Å². The van der Waals surface area contributed by atoms with Crippen LogP contribution in [-0.2, 0) is 4.79 Å². The number of nitrogens with one attached hydrogen (secondary N) is 1. The summed E-state index contributed by atoms with van der Waals surface area (Å²) in [5.74, 6) is -0.242. The first kappa shape index (κ1) is 16.5. The van der Waals surface area contributed by atoms with Crippen LogP contribution in [0.4, 0.5) is 5.69 Å². The van der Waals surface area contributed by atoms with E-state index in [0.29, 0.717) is 10.7 Å². The fraction of sp³-hybridized carbons (Fsp3) is 0.300. The molecule has 0 spiro atoms. The third-order valence-electron chi connectivity index (χ3n) is 4.57. The highest BCUT2D eigenvalue weighted by Gasteiger charge is 2.23. The highest BCUT2D eigenvalue weighted by molar-refractivity contribution is 6.31.